The maximum atomic E-state index is 13.0. The first kappa shape index (κ1) is 23.6. The van der Waals surface area contributed by atoms with Gasteiger partial charge in [-0.15, -0.1) is 0 Å². The molecular weight excluding hydrogens is 476 g/mol. The van der Waals surface area contributed by atoms with Crippen LogP contribution in [0.25, 0.3) is 0 Å². The van der Waals surface area contributed by atoms with E-state index in [1.54, 1.807) is 0 Å². The van der Waals surface area contributed by atoms with E-state index in [1.807, 2.05) is 6.07 Å². The Balaban J connectivity index is 1.24. The van der Waals surface area contributed by atoms with Gasteiger partial charge in [-0.3, -0.25) is 4.79 Å². The van der Waals surface area contributed by atoms with Crippen LogP contribution in [0, 0.1) is 0 Å². The van der Waals surface area contributed by atoms with E-state index in [-0.39, 0.29) is 42.1 Å². The highest BCUT2D eigenvalue weighted by Gasteiger charge is 2.36. The Morgan fingerprint density at radius 3 is 2.41 bits per heavy atom. The number of hydrogen-bond acceptors (Lipinski definition) is 7. The number of benzene rings is 1. The van der Waals surface area contributed by atoms with E-state index in [9.17, 15) is 13.2 Å². The van der Waals surface area contributed by atoms with Crippen LogP contribution in [0.15, 0.2) is 41.3 Å². The Morgan fingerprint density at radius 2 is 1.76 bits per heavy atom. The van der Waals surface area contributed by atoms with Crippen LogP contribution in [-0.2, 0) is 14.6 Å². The Kier molecular flexibility index (Phi) is 6.86. The van der Waals surface area contributed by atoms with E-state index in [2.05, 4.69) is 39.6 Å². The quantitative estimate of drug-likeness (QED) is 0.616. The van der Waals surface area contributed by atoms with Gasteiger partial charge in [0.2, 0.25) is 0 Å². The van der Waals surface area contributed by atoms with Crippen LogP contribution in [0.2, 0.25) is 5.02 Å². The number of para-hydroxylation sites is 1. The Hall–Kier alpha value is -2.10. The molecule has 2 aromatic rings. The van der Waals surface area contributed by atoms with Gasteiger partial charge in [-0.05, 0) is 50.7 Å². The molecule has 3 aliphatic rings. The van der Waals surface area contributed by atoms with Gasteiger partial charge in [-0.1, -0.05) is 29.8 Å². The van der Waals surface area contributed by atoms with Crippen LogP contribution >= 0.6 is 11.6 Å². The number of halogens is 1. The summed E-state index contributed by atoms with van der Waals surface area (Å²) in [5.74, 6) is 0.0120. The van der Waals surface area contributed by atoms with Gasteiger partial charge in [0.05, 0.1) is 36.9 Å². The summed E-state index contributed by atoms with van der Waals surface area (Å²) in [5, 5.41) is 6.79. The molecule has 1 aromatic heterocycles. The number of aromatic nitrogens is 2. The lowest BCUT2D eigenvalue weighted by Crippen LogP contribution is -2.42. The minimum atomic E-state index is -3.21. The highest BCUT2D eigenvalue weighted by atomic mass is 35.5. The fourth-order valence-electron chi connectivity index (χ4n) is 5.15. The number of nitrogens with zero attached hydrogens (tertiary/aromatic N) is 3. The van der Waals surface area contributed by atoms with Gasteiger partial charge in [0.15, 0.2) is 9.84 Å². The van der Waals surface area contributed by atoms with Crippen LogP contribution in [-0.4, -0.2) is 61.0 Å². The van der Waals surface area contributed by atoms with Gasteiger partial charge in [0.25, 0.3) is 5.56 Å². The third-order valence-corrected chi connectivity index (χ3v) is 9.61. The molecule has 1 aromatic carbocycles. The molecule has 1 aliphatic heterocycles. The molecule has 184 valence electrons. The van der Waals surface area contributed by atoms with Crippen LogP contribution < -0.4 is 15.8 Å². The van der Waals surface area contributed by atoms with Crippen molar-refractivity contribution in [2.45, 2.75) is 61.9 Å². The second kappa shape index (κ2) is 9.87. The Bertz CT molecular complexity index is 1160. The van der Waals surface area contributed by atoms with Crippen molar-refractivity contribution in [1.82, 2.24) is 9.78 Å². The zero-order valence-corrected chi connectivity index (χ0v) is 20.7. The van der Waals surface area contributed by atoms with Crippen LogP contribution in [0.4, 0.5) is 11.4 Å². The number of rotatable bonds is 7. The summed E-state index contributed by atoms with van der Waals surface area (Å²) in [7, 11) is -3.21. The van der Waals surface area contributed by atoms with Crippen molar-refractivity contribution in [3.63, 3.8) is 0 Å². The normalized spacial score (nSPS) is 26.7. The average molecular weight is 507 g/mol. The predicted molar refractivity (Wildman–Crippen MR) is 134 cm³/mol. The molecule has 1 saturated heterocycles. The minimum Gasteiger partial charge on any atom is -0.381 e. The molecule has 34 heavy (non-hydrogen) atoms. The predicted octanol–water partition coefficient (Wildman–Crippen LogP) is 3.27. The second-order valence-corrected chi connectivity index (χ2v) is 12.3. The molecule has 2 heterocycles. The lowest BCUT2D eigenvalue weighted by atomic mass is 9.89. The maximum absolute atomic E-state index is 13.0. The highest BCUT2D eigenvalue weighted by Crippen LogP contribution is 2.39. The number of nitrogens with one attached hydrogen (secondary N) is 1. The summed E-state index contributed by atoms with van der Waals surface area (Å²) >= 11 is 6.39. The molecule has 0 unspecified atom stereocenters. The fraction of sp³-hybridized carbons (Fsp3) is 0.583. The van der Waals surface area contributed by atoms with Crippen molar-refractivity contribution >= 4 is 32.8 Å². The third-order valence-electron chi connectivity index (χ3n) is 7.19. The van der Waals surface area contributed by atoms with Gasteiger partial charge in [-0.2, -0.15) is 5.10 Å². The van der Waals surface area contributed by atoms with E-state index in [0.29, 0.717) is 17.8 Å². The van der Waals surface area contributed by atoms with Crippen LogP contribution in [0.1, 0.15) is 44.6 Å². The van der Waals surface area contributed by atoms with Gasteiger partial charge in [0.1, 0.15) is 10.3 Å². The number of anilines is 2. The molecule has 1 atom stereocenters. The molecule has 0 bridgehead atoms. The number of ether oxygens (including phenoxy) is 1. The molecule has 2 aliphatic carbocycles. The van der Waals surface area contributed by atoms with Crippen molar-refractivity contribution in [2.24, 2.45) is 0 Å². The maximum Gasteiger partial charge on any atom is 0.287 e. The lowest BCUT2D eigenvalue weighted by molar-refractivity contribution is 0.140. The fourth-order valence-corrected chi connectivity index (χ4v) is 6.68. The summed E-state index contributed by atoms with van der Waals surface area (Å²) in [6.45, 7) is 0.500. The SMILES string of the molecule is O=c1c(Cl)c(NC[C@H]2COCCS2(=O)=O)cnn1C1CCC(N(c2ccccc2)C2CC2)CC1. The Morgan fingerprint density at radius 1 is 1.09 bits per heavy atom. The summed E-state index contributed by atoms with van der Waals surface area (Å²) in [6.07, 6.45) is 7.76. The Labute approximate surface area is 205 Å². The molecule has 5 rings (SSSR count). The average Bonchev–Trinajstić information content (AvgIpc) is 3.67. The first-order chi connectivity index (χ1) is 16.4. The monoisotopic (exact) mass is 506 g/mol. The molecular formula is C24H31ClN4O4S. The topological polar surface area (TPSA) is 93.5 Å². The van der Waals surface area contributed by atoms with Crippen molar-refractivity contribution in [2.75, 3.05) is 35.7 Å². The van der Waals surface area contributed by atoms with E-state index in [4.69, 9.17) is 16.3 Å². The molecule has 3 fully saturated rings. The van der Waals surface area contributed by atoms with Crippen molar-refractivity contribution in [3.8, 4) is 0 Å². The number of hydrogen-bond donors (Lipinski definition) is 1. The van der Waals surface area contributed by atoms with Crippen LogP contribution in [0.3, 0.4) is 0 Å². The summed E-state index contributed by atoms with van der Waals surface area (Å²) in [6, 6.07) is 11.7. The van der Waals surface area contributed by atoms with Crippen molar-refractivity contribution in [1.29, 1.82) is 0 Å². The smallest absolute Gasteiger partial charge is 0.287 e. The van der Waals surface area contributed by atoms with Crippen LogP contribution in [0.5, 0.6) is 0 Å². The van der Waals surface area contributed by atoms with E-state index < -0.39 is 15.1 Å². The first-order valence-electron chi connectivity index (χ1n) is 12.1. The lowest BCUT2D eigenvalue weighted by Gasteiger charge is -2.39. The third kappa shape index (κ3) is 4.97. The first-order valence-corrected chi connectivity index (χ1v) is 14.2. The van der Waals surface area contributed by atoms with Gasteiger partial charge >= 0.3 is 0 Å². The second-order valence-electron chi connectivity index (χ2n) is 9.50. The minimum absolute atomic E-state index is 0.0120. The molecule has 0 amide bonds. The largest absolute Gasteiger partial charge is 0.381 e. The molecule has 1 N–H and O–H groups in total. The summed E-state index contributed by atoms with van der Waals surface area (Å²) in [4.78, 5) is 15.6. The molecule has 10 heteroatoms. The standard InChI is InChI=1S/C24H31ClN4O4S/c25-23-22(26-14-21-16-33-12-13-34(21,31)32)15-27-29(24(23)30)20-10-8-19(9-11-20)28(18-6-7-18)17-4-2-1-3-5-17/h1-5,15,18-21,26H,6-14,16H2/t19?,20?,21-/m0/s1. The van der Waals surface area contributed by atoms with E-state index >= 15 is 0 Å². The number of sulfone groups is 1. The van der Waals surface area contributed by atoms with Gasteiger partial charge in [0, 0.05) is 24.3 Å². The molecule has 2 saturated carbocycles. The highest BCUT2D eigenvalue weighted by molar-refractivity contribution is 7.92. The zero-order chi connectivity index (χ0) is 23.7. The molecule has 0 radical (unpaired) electrons. The molecule has 0 spiro atoms. The zero-order valence-electron chi connectivity index (χ0n) is 19.1. The van der Waals surface area contributed by atoms with E-state index in [0.717, 1.165) is 25.7 Å². The van der Waals surface area contributed by atoms with Crippen molar-refractivity contribution in [3.05, 3.63) is 51.9 Å². The summed E-state index contributed by atoms with van der Waals surface area (Å²) in [5.41, 5.74) is 1.31. The molecule has 8 nitrogen and oxygen atoms in total. The van der Waals surface area contributed by atoms with Gasteiger partial charge in [-0.25, -0.2) is 13.1 Å². The van der Waals surface area contributed by atoms with Crippen molar-refractivity contribution < 1.29 is 13.2 Å². The van der Waals surface area contributed by atoms with E-state index in [1.165, 1.54) is 29.4 Å². The summed E-state index contributed by atoms with van der Waals surface area (Å²) < 4.78 is 31.2. The van der Waals surface area contributed by atoms with Gasteiger partial charge < -0.3 is 15.0 Å².